The van der Waals surface area contributed by atoms with E-state index in [2.05, 4.69) is 15.0 Å². The molecule has 0 aliphatic carbocycles. The molecule has 1 aromatic carbocycles. The van der Waals surface area contributed by atoms with Crippen LogP contribution in [0.2, 0.25) is 0 Å². The lowest BCUT2D eigenvalue weighted by atomic mass is 10.1. The molecule has 9 nitrogen and oxygen atoms in total. The van der Waals surface area contributed by atoms with Crippen molar-refractivity contribution in [3.63, 3.8) is 0 Å². The van der Waals surface area contributed by atoms with Crippen molar-refractivity contribution in [2.45, 2.75) is 26.8 Å². The second kappa shape index (κ2) is 9.35. The van der Waals surface area contributed by atoms with Crippen molar-refractivity contribution in [1.29, 1.82) is 0 Å². The highest BCUT2D eigenvalue weighted by molar-refractivity contribution is 5.95. The maximum Gasteiger partial charge on any atom is 0.343 e. The second-order valence-electron chi connectivity index (χ2n) is 7.97. The largest absolute Gasteiger partial charge is 0.462 e. The molecule has 0 unspecified atom stereocenters. The zero-order valence-electron chi connectivity index (χ0n) is 18.3. The topological polar surface area (TPSA) is 100 Å². The Morgan fingerprint density at radius 2 is 1.84 bits per heavy atom. The summed E-state index contributed by atoms with van der Waals surface area (Å²) in [5.74, 6) is -0.395. The van der Waals surface area contributed by atoms with Crippen LogP contribution in [0.5, 0.6) is 0 Å². The Bertz CT molecular complexity index is 1170. The fourth-order valence-corrected chi connectivity index (χ4v) is 3.85. The Labute approximate surface area is 185 Å². The number of ether oxygens (including phenoxy) is 1. The van der Waals surface area contributed by atoms with Gasteiger partial charge in [0.05, 0.1) is 18.7 Å². The van der Waals surface area contributed by atoms with Crippen LogP contribution in [0.1, 0.15) is 34.1 Å². The van der Waals surface area contributed by atoms with Crippen LogP contribution in [-0.4, -0.2) is 69.1 Å². The van der Waals surface area contributed by atoms with Crippen molar-refractivity contribution in [2.24, 2.45) is 0 Å². The second-order valence-corrected chi connectivity index (χ2v) is 7.97. The van der Waals surface area contributed by atoms with Gasteiger partial charge >= 0.3 is 5.97 Å². The number of H-pyrrole nitrogens is 1. The molecular formula is C23H27N5O4. The van der Waals surface area contributed by atoms with E-state index in [-0.39, 0.29) is 29.3 Å². The summed E-state index contributed by atoms with van der Waals surface area (Å²) in [5.41, 5.74) is 2.99. The molecule has 168 valence electrons. The molecule has 1 amide bonds. The maximum atomic E-state index is 12.6. The molecule has 1 fully saturated rings. The molecule has 3 heterocycles. The van der Waals surface area contributed by atoms with Gasteiger partial charge in [-0.25, -0.2) is 14.3 Å². The van der Waals surface area contributed by atoms with Crippen molar-refractivity contribution >= 4 is 17.5 Å². The Balaban J connectivity index is 1.39. The van der Waals surface area contributed by atoms with E-state index in [9.17, 15) is 14.4 Å². The number of carbonyl (C=O) groups excluding carboxylic acids is 2. The molecule has 4 rings (SSSR count). The molecule has 1 aliphatic heterocycles. The molecule has 32 heavy (non-hydrogen) atoms. The fourth-order valence-electron chi connectivity index (χ4n) is 3.85. The average Bonchev–Trinajstić information content (AvgIpc) is 3.21. The molecule has 0 atom stereocenters. The number of nitrogens with zero attached hydrogens (tertiary/aromatic N) is 4. The van der Waals surface area contributed by atoms with Crippen LogP contribution in [0.3, 0.4) is 0 Å². The number of rotatable bonds is 6. The van der Waals surface area contributed by atoms with Gasteiger partial charge in [-0.2, -0.15) is 0 Å². The van der Waals surface area contributed by atoms with E-state index >= 15 is 0 Å². The Kier molecular flexibility index (Phi) is 6.36. The van der Waals surface area contributed by atoms with Crippen LogP contribution in [0.15, 0.2) is 41.3 Å². The number of aromatic nitrogens is 3. The molecule has 9 heteroatoms. The highest BCUT2D eigenvalue weighted by Crippen LogP contribution is 2.12. The predicted octanol–water partition coefficient (Wildman–Crippen LogP) is 1.39. The van der Waals surface area contributed by atoms with Crippen LogP contribution in [0, 0.1) is 6.92 Å². The van der Waals surface area contributed by atoms with Gasteiger partial charge in [-0.05, 0) is 19.4 Å². The number of benzene rings is 1. The van der Waals surface area contributed by atoms with Gasteiger partial charge in [-0.3, -0.25) is 19.6 Å². The highest BCUT2D eigenvalue weighted by atomic mass is 16.5. The minimum absolute atomic E-state index is 0.123. The van der Waals surface area contributed by atoms with Crippen LogP contribution in [0.25, 0.3) is 5.65 Å². The van der Waals surface area contributed by atoms with E-state index in [1.807, 2.05) is 36.1 Å². The number of carbonyl (C=O) groups is 2. The summed E-state index contributed by atoms with van der Waals surface area (Å²) >= 11 is 0. The van der Waals surface area contributed by atoms with Gasteiger partial charge < -0.3 is 9.64 Å². The third kappa shape index (κ3) is 4.72. The molecule has 0 saturated carbocycles. The molecule has 1 N–H and O–H groups in total. The monoisotopic (exact) mass is 437 g/mol. The highest BCUT2D eigenvalue weighted by Gasteiger charge is 2.22. The smallest absolute Gasteiger partial charge is 0.343 e. The van der Waals surface area contributed by atoms with E-state index < -0.39 is 5.97 Å². The van der Waals surface area contributed by atoms with Crippen molar-refractivity contribution < 1.29 is 14.3 Å². The SMILES string of the molecule is CCOC(=O)c1c[nH]n2c(=O)cc(CN3CCN(C(=O)Cc4ccc(C)cc4)CC3)nc12. The first-order valence-electron chi connectivity index (χ1n) is 10.8. The molecule has 2 aromatic heterocycles. The van der Waals surface area contributed by atoms with Gasteiger partial charge in [0.25, 0.3) is 5.56 Å². The fraction of sp³-hybridized carbons (Fsp3) is 0.391. The zero-order valence-corrected chi connectivity index (χ0v) is 18.3. The number of hydrogen-bond donors (Lipinski definition) is 1. The predicted molar refractivity (Wildman–Crippen MR) is 119 cm³/mol. The van der Waals surface area contributed by atoms with Gasteiger partial charge in [0, 0.05) is 45.0 Å². The maximum absolute atomic E-state index is 12.6. The summed E-state index contributed by atoms with van der Waals surface area (Å²) in [6, 6.07) is 9.49. The van der Waals surface area contributed by atoms with Crippen LogP contribution < -0.4 is 5.56 Å². The summed E-state index contributed by atoms with van der Waals surface area (Å²) in [7, 11) is 0. The molecule has 0 spiro atoms. The minimum Gasteiger partial charge on any atom is -0.462 e. The minimum atomic E-state index is -0.518. The molecule has 0 bridgehead atoms. The number of hydrogen-bond acceptors (Lipinski definition) is 6. The third-order valence-corrected chi connectivity index (χ3v) is 5.63. The third-order valence-electron chi connectivity index (χ3n) is 5.63. The van der Waals surface area contributed by atoms with E-state index in [1.165, 1.54) is 22.3 Å². The van der Waals surface area contributed by atoms with Gasteiger partial charge in [-0.1, -0.05) is 29.8 Å². The van der Waals surface area contributed by atoms with Crippen LogP contribution in [0.4, 0.5) is 0 Å². The Morgan fingerprint density at radius 3 is 2.53 bits per heavy atom. The Morgan fingerprint density at radius 1 is 1.12 bits per heavy atom. The lowest BCUT2D eigenvalue weighted by Gasteiger charge is -2.34. The van der Waals surface area contributed by atoms with Gasteiger partial charge in [-0.15, -0.1) is 0 Å². The lowest BCUT2D eigenvalue weighted by molar-refractivity contribution is -0.132. The molecular weight excluding hydrogens is 410 g/mol. The normalized spacial score (nSPS) is 14.6. The summed E-state index contributed by atoms with van der Waals surface area (Å²) in [4.78, 5) is 45.8. The number of fused-ring (bicyclic) bond motifs is 1. The quantitative estimate of drug-likeness (QED) is 0.585. The lowest BCUT2D eigenvalue weighted by Crippen LogP contribution is -2.48. The molecule has 0 radical (unpaired) electrons. The number of nitrogens with one attached hydrogen (secondary N) is 1. The van der Waals surface area contributed by atoms with Crippen molar-refractivity contribution in [2.75, 3.05) is 32.8 Å². The Hall–Kier alpha value is -3.46. The number of piperazine rings is 1. The average molecular weight is 438 g/mol. The van der Waals surface area contributed by atoms with Gasteiger partial charge in [0.15, 0.2) is 5.65 Å². The van der Waals surface area contributed by atoms with E-state index in [4.69, 9.17) is 4.74 Å². The van der Waals surface area contributed by atoms with Gasteiger partial charge in [0.2, 0.25) is 5.91 Å². The van der Waals surface area contributed by atoms with E-state index in [0.717, 1.165) is 5.56 Å². The van der Waals surface area contributed by atoms with E-state index in [0.29, 0.717) is 44.8 Å². The van der Waals surface area contributed by atoms with Crippen LogP contribution in [-0.2, 0) is 22.5 Å². The summed E-state index contributed by atoms with van der Waals surface area (Å²) in [6.45, 7) is 7.11. The summed E-state index contributed by atoms with van der Waals surface area (Å²) < 4.78 is 6.28. The number of aryl methyl sites for hydroxylation is 1. The molecule has 1 aliphatic rings. The summed E-state index contributed by atoms with van der Waals surface area (Å²) in [6.07, 6.45) is 1.84. The van der Waals surface area contributed by atoms with Crippen molar-refractivity contribution in [3.8, 4) is 0 Å². The molecule has 3 aromatic rings. The van der Waals surface area contributed by atoms with Crippen LogP contribution >= 0.6 is 0 Å². The first-order chi connectivity index (χ1) is 15.4. The first-order valence-corrected chi connectivity index (χ1v) is 10.8. The first kappa shape index (κ1) is 21.8. The number of amides is 1. The summed E-state index contributed by atoms with van der Waals surface area (Å²) in [5, 5.41) is 2.75. The zero-order chi connectivity index (χ0) is 22.7. The van der Waals surface area contributed by atoms with Crippen molar-refractivity contribution in [1.82, 2.24) is 24.4 Å². The number of aromatic amines is 1. The van der Waals surface area contributed by atoms with E-state index in [1.54, 1.807) is 6.92 Å². The van der Waals surface area contributed by atoms with Crippen molar-refractivity contribution in [3.05, 3.63) is 69.3 Å². The molecule has 1 saturated heterocycles. The van der Waals surface area contributed by atoms with Gasteiger partial charge in [0.1, 0.15) is 5.56 Å². The standard InChI is InChI=1S/C23H27N5O4/c1-3-32-23(31)19-14-24-28-21(30)13-18(25-22(19)28)15-26-8-10-27(11-9-26)20(29)12-17-6-4-16(2)5-7-17/h4-7,13-14,24H,3,8-12,15H2,1-2H3. The number of esters is 1.